The minimum atomic E-state index is 0.0273. The summed E-state index contributed by atoms with van der Waals surface area (Å²) in [5.74, 6) is 1.10. The molecule has 1 N–H and O–H groups in total. The van der Waals surface area contributed by atoms with Crippen LogP contribution in [-0.2, 0) is 16.1 Å². The summed E-state index contributed by atoms with van der Waals surface area (Å²) in [4.78, 5) is 14.3. The number of amides is 1. The highest BCUT2D eigenvalue weighted by molar-refractivity contribution is 5.77. The highest BCUT2D eigenvalue weighted by Gasteiger charge is 2.42. The Balaban J connectivity index is 1.46. The van der Waals surface area contributed by atoms with Crippen molar-refractivity contribution < 1.29 is 14.3 Å². The Kier molecular flexibility index (Phi) is 6.43. The van der Waals surface area contributed by atoms with Crippen molar-refractivity contribution in [2.45, 2.75) is 64.7 Å². The number of nitrogens with one attached hydrogen (secondary N) is 1. The average molecular weight is 375 g/mol. The van der Waals surface area contributed by atoms with Gasteiger partial charge in [-0.2, -0.15) is 0 Å². The first-order chi connectivity index (χ1) is 12.9. The third-order valence-electron chi connectivity index (χ3n) is 6.00. The van der Waals surface area contributed by atoms with Gasteiger partial charge in [-0.3, -0.25) is 9.69 Å². The van der Waals surface area contributed by atoms with Crippen LogP contribution in [0.3, 0.4) is 0 Å². The lowest BCUT2D eigenvalue weighted by molar-refractivity contribution is -0.125. The van der Waals surface area contributed by atoms with E-state index in [1.54, 1.807) is 7.11 Å². The first kappa shape index (κ1) is 20.2. The van der Waals surface area contributed by atoms with Crippen LogP contribution in [0.15, 0.2) is 18.2 Å². The van der Waals surface area contributed by atoms with Gasteiger partial charge in [0.05, 0.1) is 18.8 Å². The second kappa shape index (κ2) is 8.61. The predicted octanol–water partition coefficient (Wildman–Crippen LogP) is 3.29. The lowest BCUT2D eigenvalue weighted by Crippen LogP contribution is -2.45. The van der Waals surface area contributed by atoms with Crippen LogP contribution in [-0.4, -0.2) is 49.3 Å². The number of carbonyl (C=O) groups is 1. The Bertz CT molecular complexity index is 651. The summed E-state index contributed by atoms with van der Waals surface area (Å²) in [6.07, 6.45) is 4.50. The molecule has 2 fully saturated rings. The molecule has 2 aliphatic heterocycles. The number of aryl methyl sites for hydroxylation is 1. The fourth-order valence-corrected chi connectivity index (χ4v) is 4.24. The van der Waals surface area contributed by atoms with Gasteiger partial charge >= 0.3 is 0 Å². The summed E-state index contributed by atoms with van der Waals surface area (Å²) < 4.78 is 11.8. The molecule has 0 aromatic heterocycles. The summed E-state index contributed by atoms with van der Waals surface area (Å²) in [5.41, 5.74) is 2.55. The standard InChI is InChI=1S/C22H34N2O3/c1-16(2)21(25)23-14-19-7-8-22(27-19)9-11-24(12-10-22)15-18-5-6-20(26-4)17(3)13-18/h5-6,13,16,19H,7-12,14-15H2,1-4H3,(H,23,25). The van der Waals surface area contributed by atoms with Gasteiger partial charge in [0.15, 0.2) is 0 Å². The summed E-state index contributed by atoms with van der Waals surface area (Å²) in [6, 6.07) is 6.45. The minimum Gasteiger partial charge on any atom is -0.496 e. The van der Waals surface area contributed by atoms with Gasteiger partial charge in [-0.1, -0.05) is 26.0 Å². The molecule has 0 aliphatic carbocycles. The number of likely N-dealkylation sites (tertiary alicyclic amines) is 1. The maximum atomic E-state index is 11.8. The maximum absolute atomic E-state index is 11.8. The first-order valence-electron chi connectivity index (χ1n) is 10.2. The number of methoxy groups -OCH3 is 1. The lowest BCUT2D eigenvalue weighted by atomic mass is 9.88. The van der Waals surface area contributed by atoms with Crippen molar-refractivity contribution in [1.82, 2.24) is 10.2 Å². The number of piperidine rings is 1. The van der Waals surface area contributed by atoms with Crippen molar-refractivity contribution in [1.29, 1.82) is 0 Å². The minimum absolute atomic E-state index is 0.0273. The van der Waals surface area contributed by atoms with Crippen molar-refractivity contribution in [3.63, 3.8) is 0 Å². The van der Waals surface area contributed by atoms with E-state index in [0.29, 0.717) is 6.54 Å². The van der Waals surface area contributed by atoms with Gasteiger partial charge in [0.1, 0.15) is 5.75 Å². The Hall–Kier alpha value is -1.59. The fraction of sp³-hybridized carbons (Fsp3) is 0.682. The molecule has 1 atom stereocenters. The molecule has 5 heteroatoms. The number of nitrogens with zero attached hydrogens (tertiary/aromatic N) is 1. The van der Waals surface area contributed by atoms with Gasteiger partial charge in [-0.05, 0) is 49.8 Å². The van der Waals surface area contributed by atoms with Crippen molar-refractivity contribution in [3.8, 4) is 5.75 Å². The van der Waals surface area contributed by atoms with Crippen LogP contribution in [0.5, 0.6) is 5.75 Å². The zero-order chi connectivity index (χ0) is 19.4. The van der Waals surface area contributed by atoms with E-state index < -0.39 is 0 Å². The Morgan fingerprint density at radius 3 is 2.70 bits per heavy atom. The summed E-state index contributed by atoms with van der Waals surface area (Å²) in [7, 11) is 1.72. The molecule has 3 rings (SSSR count). The molecule has 5 nitrogen and oxygen atoms in total. The maximum Gasteiger partial charge on any atom is 0.222 e. The summed E-state index contributed by atoms with van der Waals surface area (Å²) >= 11 is 0. The molecule has 1 unspecified atom stereocenters. The van der Waals surface area contributed by atoms with Crippen molar-refractivity contribution in [2.75, 3.05) is 26.7 Å². The van der Waals surface area contributed by atoms with E-state index in [9.17, 15) is 4.79 Å². The third kappa shape index (κ3) is 5.02. The van der Waals surface area contributed by atoms with Crippen LogP contribution in [0.1, 0.15) is 50.7 Å². The SMILES string of the molecule is COc1ccc(CN2CCC3(CCC(CNC(=O)C(C)C)O3)CC2)cc1C. The van der Waals surface area contributed by atoms with E-state index in [4.69, 9.17) is 9.47 Å². The molecule has 1 spiro atoms. The molecular formula is C22H34N2O3. The van der Waals surface area contributed by atoms with Crippen molar-refractivity contribution >= 4 is 5.91 Å². The molecule has 1 amide bonds. The molecule has 27 heavy (non-hydrogen) atoms. The molecule has 2 saturated heterocycles. The zero-order valence-corrected chi connectivity index (χ0v) is 17.2. The van der Waals surface area contributed by atoms with Crippen LogP contribution in [0, 0.1) is 12.8 Å². The fourth-order valence-electron chi connectivity index (χ4n) is 4.24. The average Bonchev–Trinajstić information content (AvgIpc) is 3.05. The number of benzene rings is 1. The molecule has 150 valence electrons. The molecule has 0 saturated carbocycles. The van der Waals surface area contributed by atoms with Crippen molar-refractivity contribution in [3.05, 3.63) is 29.3 Å². The van der Waals surface area contributed by atoms with Crippen LogP contribution >= 0.6 is 0 Å². The molecule has 1 aromatic carbocycles. The van der Waals surface area contributed by atoms with Gasteiger partial charge in [0.2, 0.25) is 5.91 Å². The summed E-state index contributed by atoms with van der Waals surface area (Å²) in [6.45, 7) is 9.70. The highest BCUT2D eigenvalue weighted by atomic mass is 16.5. The van der Waals surface area contributed by atoms with Crippen LogP contribution < -0.4 is 10.1 Å². The smallest absolute Gasteiger partial charge is 0.222 e. The summed E-state index contributed by atoms with van der Waals surface area (Å²) in [5, 5.41) is 3.02. The van der Waals surface area contributed by atoms with E-state index in [-0.39, 0.29) is 23.5 Å². The molecule has 0 radical (unpaired) electrons. The Labute approximate surface area is 163 Å². The van der Waals surface area contributed by atoms with E-state index >= 15 is 0 Å². The Morgan fingerprint density at radius 2 is 2.07 bits per heavy atom. The molecule has 0 bridgehead atoms. The topological polar surface area (TPSA) is 50.8 Å². The van der Waals surface area contributed by atoms with E-state index in [0.717, 1.165) is 51.1 Å². The molecule has 1 aromatic rings. The molecular weight excluding hydrogens is 340 g/mol. The van der Waals surface area contributed by atoms with Crippen LogP contribution in [0.4, 0.5) is 0 Å². The van der Waals surface area contributed by atoms with Crippen LogP contribution in [0.2, 0.25) is 0 Å². The Morgan fingerprint density at radius 1 is 1.33 bits per heavy atom. The van der Waals surface area contributed by atoms with Crippen LogP contribution in [0.25, 0.3) is 0 Å². The largest absolute Gasteiger partial charge is 0.496 e. The number of ether oxygens (including phenoxy) is 2. The predicted molar refractivity (Wildman–Crippen MR) is 107 cm³/mol. The van der Waals surface area contributed by atoms with Gasteiger partial charge < -0.3 is 14.8 Å². The van der Waals surface area contributed by atoms with E-state index in [1.807, 2.05) is 13.8 Å². The second-order valence-corrected chi connectivity index (χ2v) is 8.44. The number of hydrogen-bond donors (Lipinski definition) is 1. The van der Waals surface area contributed by atoms with Gasteiger partial charge in [0, 0.05) is 32.1 Å². The highest BCUT2D eigenvalue weighted by Crippen LogP contribution is 2.39. The van der Waals surface area contributed by atoms with Gasteiger partial charge in [0.25, 0.3) is 0 Å². The number of hydrogen-bond acceptors (Lipinski definition) is 4. The lowest BCUT2D eigenvalue weighted by Gasteiger charge is -2.39. The van der Waals surface area contributed by atoms with E-state index in [2.05, 4.69) is 35.3 Å². The van der Waals surface area contributed by atoms with Gasteiger partial charge in [-0.25, -0.2) is 0 Å². The van der Waals surface area contributed by atoms with Crippen molar-refractivity contribution in [2.24, 2.45) is 5.92 Å². The first-order valence-corrected chi connectivity index (χ1v) is 10.2. The normalized spacial score (nSPS) is 22.3. The van der Waals surface area contributed by atoms with E-state index in [1.165, 1.54) is 11.1 Å². The second-order valence-electron chi connectivity index (χ2n) is 8.44. The third-order valence-corrected chi connectivity index (χ3v) is 6.00. The molecule has 2 aliphatic rings. The number of rotatable bonds is 6. The zero-order valence-electron chi connectivity index (χ0n) is 17.2. The van der Waals surface area contributed by atoms with Gasteiger partial charge in [-0.15, -0.1) is 0 Å². The monoisotopic (exact) mass is 374 g/mol. The molecule has 2 heterocycles. The quantitative estimate of drug-likeness (QED) is 0.830. The number of carbonyl (C=O) groups excluding carboxylic acids is 1.